The molecular weight excluding hydrogens is 759 g/mol. The molecule has 6 aromatic heterocycles. The quantitative estimate of drug-likeness (QED) is 0.161. The first-order valence-electron chi connectivity index (χ1n) is 20.7. The van der Waals surface area contributed by atoms with Gasteiger partial charge in [0.2, 0.25) is 0 Å². The van der Waals surface area contributed by atoms with Crippen molar-refractivity contribution in [3.63, 3.8) is 0 Å². The smallest absolute Gasteiger partial charge is 0.160 e. The molecule has 12 aromatic rings. The average molecular weight is 794 g/mol. The van der Waals surface area contributed by atoms with E-state index >= 15 is 0 Å². The summed E-state index contributed by atoms with van der Waals surface area (Å²) in [6.45, 7) is 0. The number of aromatic nitrogens is 7. The number of benzene rings is 6. The molecule has 0 aliphatic heterocycles. The van der Waals surface area contributed by atoms with Crippen LogP contribution >= 0.6 is 0 Å². The number of pyridine rings is 3. The van der Waals surface area contributed by atoms with E-state index in [1.807, 2.05) is 60.7 Å². The third kappa shape index (κ3) is 6.02. The van der Waals surface area contributed by atoms with Gasteiger partial charge in [-0.3, -0.25) is 9.13 Å². The van der Waals surface area contributed by atoms with Crippen molar-refractivity contribution in [2.24, 2.45) is 0 Å². The highest BCUT2D eigenvalue weighted by atomic mass is 15.1. The molecule has 0 unspecified atom stereocenters. The van der Waals surface area contributed by atoms with Crippen LogP contribution < -0.4 is 0 Å². The summed E-state index contributed by atoms with van der Waals surface area (Å²) in [5.74, 6) is 2.25. The van der Waals surface area contributed by atoms with E-state index in [2.05, 4.69) is 161 Å². The Morgan fingerprint density at radius 3 is 1.08 bits per heavy atom. The number of fused-ring (bicyclic) bond motifs is 6. The van der Waals surface area contributed by atoms with E-state index in [0.29, 0.717) is 17.2 Å². The molecule has 62 heavy (non-hydrogen) atoms. The molecule has 0 spiro atoms. The molecule has 0 amide bonds. The van der Waals surface area contributed by atoms with E-state index in [1.54, 1.807) is 0 Å². The van der Waals surface area contributed by atoms with Crippen LogP contribution in [0.2, 0.25) is 0 Å². The van der Waals surface area contributed by atoms with Crippen molar-refractivity contribution in [1.29, 1.82) is 0 Å². The van der Waals surface area contributed by atoms with Crippen molar-refractivity contribution in [1.82, 2.24) is 34.1 Å². The minimum atomic E-state index is 0.639. The topological polar surface area (TPSA) is 74.3 Å². The first-order valence-corrected chi connectivity index (χ1v) is 20.7. The van der Waals surface area contributed by atoms with Gasteiger partial charge in [0, 0.05) is 38.2 Å². The standard InChI is InChI=1S/C55H35N7/c1-3-17-36(18-4-1)45-35-46(60-55(59-45)37-19-5-2-6-20-37)38-33-47(43-25-15-31-53(57-43)61-49-27-11-7-21-39(49)40-22-8-12-28-50(40)61)56-48(34-38)44-26-16-32-54(58-44)62-51-29-13-9-23-41(51)42-24-10-14-30-52(42)62/h1-35H. The maximum Gasteiger partial charge on any atom is 0.160 e. The number of para-hydroxylation sites is 4. The zero-order valence-electron chi connectivity index (χ0n) is 33.3. The van der Waals surface area contributed by atoms with Crippen molar-refractivity contribution < 1.29 is 0 Å². The van der Waals surface area contributed by atoms with Crippen LogP contribution in [0, 0.1) is 0 Å². The summed E-state index contributed by atoms with van der Waals surface area (Å²) in [6, 6.07) is 72.9. The molecule has 12 rings (SSSR count). The molecule has 6 aromatic carbocycles. The third-order valence-corrected chi connectivity index (χ3v) is 11.6. The summed E-state index contributed by atoms with van der Waals surface area (Å²) in [7, 11) is 0. The normalized spacial score (nSPS) is 11.5. The van der Waals surface area contributed by atoms with Crippen molar-refractivity contribution >= 4 is 43.6 Å². The summed E-state index contributed by atoms with van der Waals surface area (Å²) in [5, 5.41) is 4.72. The van der Waals surface area contributed by atoms with Gasteiger partial charge in [-0.25, -0.2) is 24.9 Å². The molecule has 0 fully saturated rings. The highest BCUT2D eigenvalue weighted by Crippen LogP contribution is 2.36. The van der Waals surface area contributed by atoms with E-state index < -0.39 is 0 Å². The Labute approximate surface area is 356 Å². The van der Waals surface area contributed by atoms with Gasteiger partial charge in [0.05, 0.1) is 56.2 Å². The molecule has 6 heterocycles. The highest BCUT2D eigenvalue weighted by molar-refractivity contribution is 6.10. The first kappa shape index (κ1) is 35.4. The predicted octanol–water partition coefficient (Wildman–Crippen LogP) is 13.2. The highest BCUT2D eigenvalue weighted by Gasteiger charge is 2.19. The predicted molar refractivity (Wildman–Crippen MR) is 251 cm³/mol. The lowest BCUT2D eigenvalue weighted by Crippen LogP contribution is -2.02. The third-order valence-electron chi connectivity index (χ3n) is 11.6. The molecule has 0 radical (unpaired) electrons. The van der Waals surface area contributed by atoms with Crippen LogP contribution in [0.5, 0.6) is 0 Å². The summed E-state index contributed by atoms with van der Waals surface area (Å²) in [4.78, 5) is 26.4. The fraction of sp³-hybridized carbons (Fsp3) is 0. The van der Waals surface area contributed by atoms with Crippen LogP contribution in [0.15, 0.2) is 212 Å². The van der Waals surface area contributed by atoms with Gasteiger partial charge >= 0.3 is 0 Å². The van der Waals surface area contributed by atoms with E-state index in [-0.39, 0.29) is 0 Å². The Bertz CT molecular complexity index is 3310. The van der Waals surface area contributed by atoms with Gasteiger partial charge in [0.1, 0.15) is 11.6 Å². The van der Waals surface area contributed by atoms with Gasteiger partial charge in [-0.05, 0) is 66.7 Å². The molecule has 7 heteroatoms. The minimum absolute atomic E-state index is 0.639. The lowest BCUT2D eigenvalue weighted by Gasteiger charge is -2.14. The Morgan fingerprint density at radius 1 is 0.242 bits per heavy atom. The average Bonchev–Trinajstić information content (AvgIpc) is 3.87. The van der Waals surface area contributed by atoms with Crippen LogP contribution in [0.25, 0.3) is 112 Å². The fourth-order valence-electron chi connectivity index (χ4n) is 8.73. The van der Waals surface area contributed by atoms with Crippen LogP contribution in [0.1, 0.15) is 0 Å². The number of rotatable bonds is 7. The molecule has 0 saturated heterocycles. The van der Waals surface area contributed by atoms with E-state index in [9.17, 15) is 0 Å². The molecule has 290 valence electrons. The molecule has 0 aliphatic carbocycles. The van der Waals surface area contributed by atoms with Gasteiger partial charge < -0.3 is 0 Å². The first-order chi connectivity index (χ1) is 30.7. The van der Waals surface area contributed by atoms with Gasteiger partial charge in [0.15, 0.2) is 5.82 Å². The zero-order valence-corrected chi connectivity index (χ0v) is 33.3. The van der Waals surface area contributed by atoms with Gasteiger partial charge in [-0.1, -0.05) is 146 Å². The lowest BCUT2D eigenvalue weighted by atomic mass is 10.0. The molecule has 0 aliphatic rings. The monoisotopic (exact) mass is 793 g/mol. The second kappa shape index (κ2) is 14.6. The molecule has 0 N–H and O–H groups in total. The summed E-state index contributed by atoms with van der Waals surface area (Å²) < 4.78 is 4.47. The van der Waals surface area contributed by atoms with Gasteiger partial charge in [0.25, 0.3) is 0 Å². The Hall–Kier alpha value is -8.55. The zero-order chi connectivity index (χ0) is 41.0. The lowest BCUT2D eigenvalue weighted by molar-refractivity contribution is 1.07. The van der Waals surface area contributed by atoms with E-state index in [4.69, 9.17) is 24.9 Å². The van der Waals surface area contributed by atoms with Crippen molar-refractivity contribution in [2.75, 3.05) is 0 Å². The molecule has 0 saturated carbocycles. The second-order valence-electron chi connectivity index (χ2n) is 15.3. The summed E-state index contributed by atoms with van der Waals surface area (Å²) in [5.41, 5.74) is 11.6. The SMILES string of the molecule is c1ccc(-c2cc(-c3cc(-c4cccc(-n5c6ccccc6c6ccccc65)n4)nc(-c4cccc(-n5c6ccccc6c6ccccc65)n4)c3)nc(-c3ccccc3)n2)cc1. The van der Waals surface area contributed by atoms with Crippen molar-refractivity contribution in [3.8, 4) is 68.3 Å². The molecule has 7 nitrogen and oxygen atoms in total. The maximum absolute atomic E-state index is 5.37. The fourth-order valence-corrected chi connectivity index (χ4v) is 8.73. The molecule has 0 bridgehead atoms. The number of nitrogens with zero attached hydrogens (tertiary/aromatic N) is 7. The van der Waals surface area contributed by atoms with Gasteiger partial charge in [-0.15, -0.1) is 0 Å². The Morgan fingerprint density at radius 2 is 0.629 bits per heavy atom. The largest absolute Gasteiger partial charge is 0.294 e. The maximum atomic E-state index is 5.37. The minimum Gasteiger partial charge on any atom is -0.294 e. The Kier molecular flexibility index (Phi) is 8.35. The number of hydrogen-bond donors (Lipinski definition) is 0. The number of hydrogen-bond acceptors (Lipinski definition) is 5. The van der Waals surface area contributed by atoms with Gasteiger partial charge in [-0.2, -0.15) is 0 Å². The van der Waals surface area contributed by atoms with Crippen molar-refractivity contribution in [3.05, 3.63) is 212 Å². The van der Waals surface area contributed by atoms with E-state index in [1.165, 1.54) is 21.5 Å². The molecular formula is C55H35N7. The van der Waals surface area contributed by atoms with Crippen LogP contribution in [0.4, 0.5) is 0 Å². The van der Waals surface area contributed by atoms with E-state index in [0.717, 1.165) is 73.2 Å². The van der Waals surface area contributed by atoms with Crippen molar-refractivity contribution in [2.45, 2.75) is 0 Å². The molecule has 0 atom stereocenters. The van der Waals surface area contributed by atoms with Crippen LogP contribution in [-0.4, -0.2) is 34.1 Å². The summed E-state index contributed by atoms with van der Waals surface area (Å²) in [6.07, 6.45) is 0. The van der Waals surface area contributed by atoms with Crippen LogP contribution in [-0.2, 0) is 0 Å². The summed E-state index contributed by atoms with van der Waals surface area (Å²) >= 11 is 0. The Balaban J connectivity index is 1.08. The van der Waals surface area contributed by atoms with Crippen LogP contribution in [0.3, 0.4) is 0 Å². The second-order valence-corrected chi connectivity index (χ2v) is 15.3.